The first-order valence-corrected chi connectivity index (χ1v) is 6.34. The maximum atomic E-state index is 8.85. The molecule has 0 N–H and O–H groups in total. The lowest BCUT2D eigenvalue weighted by Gasteiger charge is -2.31. The van der Waals surface area contributed by atoms with Crippen molar-refractivity contribution in [2.24, 2.45) is 11.8 Å². The quantitative estimate of drug-likeness (QED) is 0.773. The van der Waals surface area contributed by atoms with E-state index in [0.717, 1.165) is 30.4 Å². The van der Waals surface area contributed by atoms with Crippen LogP contribution in [-0.4, -0.2) is 6.10 Å². The molecule has 2 unspecified atom stereocenters. The van der Waals surface area contributed by atoms with Gasteiger partial charge in [-0.15, -0.1) is 0 Å². The van der Waals surface area contributed by atoms with E-state index in [2.05, 4.69) is 19.9 Å². The average Bonchev–Trinajstić information content (AvgIpc) is 2.28. The lowest BCUT2D eigenvalue weighted by atomic mass is 9.82. The molecule has 2 rings (SSSR count). The summed E-state index contributed by atoms with van der Waals surface area (Å²) in [6.07, 6.45) is 3.86. The topological polar surface area (TPSA) is 33.0 Å². The van der Waals surface area contributed by atoms with Gasteiger partial charge in [0, 0.05) is 0 Å². The standard InChI is InChI=1S/C15H19NO/c1-11-6-12(2)8-15(7-11)17-14-5-3-4-13(9-14)10-16/h3-5,9,11-12,15H,6-8H2,1-2H3. The van der Waals surface area contributed by atoms with Crippen LogP contribution in [0.3, 0.4) is 0 Å². The van der Waals surface area contributed by atoms with Gasteiger partial charge in [0.25, 0.3) is 0 Å². The summed E-state index contributed by atoms with van der Waals surface area (Å²) in [4.78, 5) is 0. The molecule has 17 heavy (non-hydrogen) atoms. The minimum absolute atomic E-state index is 0.308. The van der Waals surface area contributed by atoms with Crippen LogP contribution in [-0.2, 0) is 0 Å². The van der Waals surface area contributed by atoms with Crippen molar-refractivity contribution in [2.75, 3.05) is 0 Å². The van der Waals surface area contributed by atoms with Crippen LogP contribution in [0.1, 0.15) is 38.7 Å². The summed E-state index contributed by atoms with van der Waals surface area (Å²) in [6, 6.07) is 9.58. The highest BCUT2D eigenvalue weighted by Crippen LogP contribution is 2.31. The second-order valence-electron chi connectivity index (χ2n) is 5.30. The molecular formula is C15H19NO. The van der Waals surface area contributed by atoms with Gasteiger partial charge < -0.3 is 4.74 Å². The Kier molecular flexibility index (Phi) is 3.68. The fourth-order valence-corrected chi connectivity index (χ4v) is 2.80. The predicted octanol–water partition coefficient (Wildman–Crippen LogP) is 3.76. The Hall–Kier alpha value is -1.49. The number of ether oxygens (including phenoxy) is 1. The monoisotopic (exact) mass is 229 g/mol. The largest absolute Gasteiger partial charge is 0.490 e. The molecule has 0 amide bonds. The molecule has 90 valence electrons. The fraction of sp³-hybridized carbons (Fsp3) is 0.533. The summed E-state index contributed by atoms with van der Waals surface area (Å²) in [5, 5.41) is 8.85. The Balaban J connectivity index is 2.02. The van der Waals surface area contributed by atoms with Gasteiger partial charge in [-0.05, 0) is 49.3 Å². The van der Waals surface area contributed by atoms with Crippen molar-refractivity contribution in [3.8, 4) is 11.8 Å². The summed E-state index contributed by atoms with van der Waals surface area (Å²) in [7, 11) is 0. The van der Waals surface area contributed by atoms with Gasteiger partial charge in [-0.1, -0.05) is 19.9 Å². The van der Waals surface area contributed by atoms with Crippen LogP contribution in [0.15, 0.2) is 24.3 Å². The van der Waals surface area contributed by atoms with E-state index in [1.807, 2.05) is 18.2 Å². The van der Waals surface area contributed by atoms with Gasteiger partial charge in [0.05, 0.1) is 17.7 Å². The molecule has 0 aromatic heterocycles. The molecule has 2 atom stereocenters. The third-order valence-electron chi connectivity index (χ3n) is 3.40. The summed E-state index contributed by atoms with van der Waals surface area (Å²) >= 11 is 0. The molecule has 1 aliphatic carbocycles. The molecule has 0 spiro atoms. The van der Waals surface area contributed by atoms with E-state index in [4.69, 9.17) is 10.00 Å². The molecule has 2 heteroatoms. The van der Waals surface area contributed by atoms with E-state index in [9.17, 15) is 0 Å². The molecule has 0 radical (unpaired) electrons. The van der Waals surface area contributed by atoms with Gasteiger partial charge in [-0.25, -0.2) is 0 Å². The molecule has 1 aromatic rings. The molecule has 1 saturated carbocycles. The van der Waals surface area contributed by atoms with Crippen molar-refractivity contribution in [3.05, 3.63) is 29.8 Å². The summed E-state index contributed by atoms with van der Waals surface area (Å²) < 4.78 is 5.99. The second-order valence-corrected chi connectivity index (χ2v) is 5.30. The first-order chi connectivity index (χ1) is 8.17. The Morgan fingerprint density at radius 2 is 1.88 bits per heavy atom. The number of benzene rings is 1. The number of nitrogens with zero attached hydrogens (tertiary/aromatic N) is 1. The molecule has 0 heterocycles. The zero-order valence-electron chi connectivity index (χ0n) is 10.5. The zero-order chi connectivity index (χ0) is 12.3. The third kappa shape index (κ3) is 3.23. The Morgan fingerprint density at radius 3 is 2.53 bits per heavy atom. The van der Waals surface area contributed by atoms with Crippen molar-refractivity contribution in [1.82, 2.24) is 0 Å². The van der Waals surface area contributed by atoms with Gasteiger partial charge in [0.15, 0.2) is 0 Å². The highest BCUT2D eigenvalue weighted by Gasteiger charge is 2.25. The molecule has 0 saturated heterocycles. The van der Waals surface area contributed by atoms with Crippen molar-refractivity contribution in [1.29, 1.82) is 5.26 Å². The van der Waals surface area contributed by atoms with Gasteiger partial charge in [0.1, 0.15) is 5.75 Å². The van der Waals surface area contributed by atoms with Crippen LogP contribution in [0, 0.1) is 23.2 Å². The van der Waals surface area contributed by atoms with E-state index >= 15 is 0 Å². The number of rotatable bonds is 2. The average molecular weight is 229 g/mol. The highest BCUT2D eigenvalue weighted by molar-refractivity contribution is 5.36. The first-order valence-electron chi connectivity index (χ1n) is 6.34. The summed E-state index contributed by atoms with van der Waals surface area (Å²) in [5.74, 6) is 2.31. The van der Waals surface area contributed by atoms with Crippen LogP contribution in [0.2, 0.25) is 0 Å². The number of nitriles is 1. The third-order valence-corrected chi connectivity index (χ3v) is 3.40. The molecule has 0 aliphatic heterocycles. The Morgan fingerprint density at radius 1 is 1.18 bits per heavy atom. The molecule has 1 aliphatic rings. The predicted molar refractivity (Wildman–Crippen MR) is 67.8 cm³/mol. The Bertz CT molecular complexity index is 411. The van der Waals surface area contributed by atoms with E-state index in [1.54, 1.807) is 6.07 Å². The highest BCUT2D eigenvalue weighted by atomic mass is 16.5. The van der Waals surface area contributed by atoms with Crippen LogP contribution < -0.4 is 4.74 Å². The smallest absolute Gasteiger partial charge is 0.121 e. The SMILES string of the molecule is CC1CC(C)CC(Oc2cccc(C#N)c2)C1. The molecule has 1 fully saturated rings. The van der Waals surface area contributed by atoms with Crippen molar-refractivity contribution < 1.29 is 4.74 Å². The van der Waals surface area contributed by atoms with Gasteiger partial charge in [-0.3, -0.25) is 0 Å². The van der Waals surface area contributed by atoms with Crippen LogP contribution in [0.25, 0.3) is 0 Å². The van der Waals surface area contributed by atoms with Gasteiger partial charge >= 0.3 is 0 Å². The van der Waals surface area contributed by atoms with Crippen LogP contribution in [0.5, 0.6) is 5.75 Å². The molecule has 1 aromatic carbocycles. The lowest BCUT2D eigenvalue weighted by Crippen LogP contribution is -2.28. The first kappa shape index (κ1) is 12.0. The maximum absolute atomic E-state index is 8.85. The van der Waals surface area contributed by atoms with Gasteiger partial charge in [-0.2, -0.15) is 5.26 Å². The molecule has 0 bridgehead atoms. The lowest BCUT2D eigenvalue weighted by molar-refractivity contribution is 0.101. The van der Waals surface area contributed by atoms with Crippen molar-refractivity contribution in [2.45, 2.75) is 39.2 Å². The fourth-order valence-electron chi connectivity index (χ4n) is 2.80. The maximum Gasteiger partial charge on any atom is 0.121 e. The van der Waals surface area contributed by atoms with E-state index in [0.29, 0.717) is 11.7 Å². The number of hydrogen-bond donors (Lipinski definition) is 0. The van der Waals surface area contributed by atoms with Crippen LogP contribution >= 0.6 is 0 Å². The van der Waals surface area contributed by atoms with Crippen LogP contribution in [0.4, 0.5) is 0 Å². The minimum Gasteiger partial charge on any atom is -0.490 e. The van der Waals surface area contributed by atoms with E-state index in [1.165, 1.54) is 6.42 Å². The molecule has 2 nitrogen and oxygen atoms in total. The van der Waals surface area contributed by atoms with E-state index < -0.39 is 0 Å². The minimum atomic E-state index is 0.308. The van der Waals surface area contributed by atoms with E-state index in [-0.39, 0.29) is 0 Å². The van der Waals surface area contributed by atoms with Crippen molar-refractivity contribution in [3.63, 3.8) is 0 Å². The summed E-state index contributed by atoms with van der Waals surface area (Å²) in [5.41, 5.74) is 0.666. The molecular weight excluding hydrogens is 210 g/mol. The van der Waals surface area contributed by atoms with Crippen molar-refractivity contribution >= 4 is 0 Å². The normalized spacial score (nSPS) is 28.4. The summed E-state index contributed by atoms with van der Waals surface area (Å²) in [6.45, 7) is 4.58. The Labute approximate surface area is 103 Å². The zero-order valence-corrected chi connectivity index (χ0v) is 10.5. The number of hydrogen-bond acceptors (Lipinski definition) is 2. The van der Waals surface area contributed by atoms with Gasteiger partial charge in [0.2, 0.25) is 0 Å². The second kappa shape index (κ2) is 5.23.